The molecule has 2 N–H and O–H groups in total. The van der Waals surface area contributed by atoms with Crippen LogP contribution in [0, 0.1) is 18.3 Å². The number of pyridine rings is 1. The molecule has 0 saturated carbocycles. The highest BCUT2D eigenvalue weighted by molar-refractivity contribution is 5.51. The Balaban J connectivity index is 3.22. The minimum absolute atomic E-state index is 0.00156. The molecule has 1 aromatic heterocycles. The van der Waals surface area contributed by atoms with Crippen LogP contribution in [0.15, 0.2) is 6.07 Å². The van der Waals surface area contributed by atoms with Crippen molar-refractivity contribution in [1.82, 2.24) is 4.98 Å². The molecule has 14 heavy (non-hydrogen) atoms. The molecule has 1 aromatic rings. The summed E-state index contributed by atoms with van der Waals surface area (Å²) in [6.07, 6.45) is -2.62. The maximum Gasteiger partial charge on any atom is 0.265 e. The van der Waals surface area contributed by atoms with E-state index in [9.17, 15) is 8.78 Å². The minimum atomic E-state index is -2.63. The van der Waals surface area contributed by atoms with E-state index in [0.717, 1.165) is 0 Å². The highest BCUT2D eigenvalue weighted by Gasteiger charge is 2.14. The molecule has 0 bridgehead atoms. The number of halogens is 2. The van der Waals surface area contributed by atoms with Crippen LogP contribution in [-0.2, 0) is 6.42 Å². The topological polar surface area (TPSA) is 62.7 Å². The van der Waals surface area contributed by atoms with Crippen LogP contribution in [0.25, 0.3) is 0 Å². The SMILES string of the molecule is Cc1nc(CC#N)cc(C(F)F)c1N. The van der Waals surface area contributed by atoms with Crippen molar-refractivity contribution < 1.29 is 8.78 Å². The molecule has 1 rings (SSSR count). The Morgan fingerprint density at radius 3 is 2.79 bits per heavy atom. The lowest BCUT2D eigenvalue weighted by Crippen LogP contribution is -2.03. The van der Waals surface area contributed by atoms with E-state index in [4.69, 9.17) is 11.0 Å². The lowest BCUT2D eigenvalue weighted by Gasteiger charge is -2.08. The van der Waals surface area contributed by atoms with Crippen LogP contribution in [0.2, 0.25) is 0 Å². The molecule has 0 aliphatic carbocycles. The zero-order chi connectivity index (χ0) is 10.7. The van der Waals surface area contributed by atoms with Gasteiger partial charge in [0.05, 0.1) is 29.6 Å². The van der Waals surface area contributed by atoms with Crippen molar-refractivity contribution in [1.29, 1.82) is 5.26 Å². The van der Waals surface area contributed by atoms with E-state index in [1.165, 1.54) is 6.07 Å². The maximum absolute atomic E-state index is 12.4. The van der Waals surface area contributed by atoms with Gasteiger partial charge in [-0.25, -0.2) is 8.78 Å². The zero-order valence-electron chi connectivity index (χ0n) is 7.59. The van der Waals surface area contributed by atoms with E-state index in [0.29, 0.717) is 11.4 Å². The summed E-state index contributed by atoms with van der Waals surface area (Å²) in [7, 11) is 0. The molecule has 0 aliphatic heterocycles. The van der Waals surface area contributed by atoms with Crippen molar-refractivity contribution in [3.8, 4) is 6.07 Å². The zero-order valence-corrected chi connectivity index (χ0v) is 7.59. The Labute approximate surface area is 80.2 Å². The Bertz CT molecular complexity index is 382. The molecule has 0 aromatic carbocycles. The summed E-state index contributed by atoms with van der Waals surface area (Å²) in [5.41, 5.74) is 5.85. The first-order valence-corrected chi connectivity index (χ1v) is 3.97. The number of aromatic nitrogens is 1. The van der Waals surface area contributed by atoms with Gasteiger partial charge in [0.15, 0.2) is 0 Å². The van der Waals surface area contributed by atoms with Crippen LogP contribution < -0.4 is 5.73 Å². The molecule has 74 valence electrons. The maximum atomic E-state index is 12.4. The largest absolute Gasteiger partial charge is 0.397 e. The van der Waals surface area contributed by atoms with Gasteiger partial charge in [0.25, 0.3) is 6.43 Å². The molecular weight excluding hydrogens is 188 g/mol. The molecular formula is C9H9F2N3. The van der Waals surface area contributed by atoms with Crippen molar-refractivity contribution in [2.75, 3.05) is 5.73 Å². The number of nitrogens with two attached hydrogens (primary N) is 1. The van der Waals surface area contributed by atoms with E-state index in [-0.39, 0.29) is 17.7 Å². The summed E-state index contributed by atoms with van der Waals surface area (Å²) >= 11 is 0. The van der Waals surface area contributed by atoms with Gasteiger partial charge < -0.3 is 5.73 Å². The van der Waals surface area contributed by atoms with Crippen molar-refractivity contribution in [3.05, 3.63) is 23.0 Å². The first kappa shape index (κ1) is 10.4. The van der Waals surface area contributed by atoms with E-state index in [1.807, 2.05) is 6.07 Å². The van der Waals surface area contributed by atoms with Gasteiger partial charge in [-0.3, -0.25) is 4.98 Å². The van der Waals surface area contributed by atoms with Gasteiger partial charge in [0.2, 0.25) is 0 Å². The fourth-order valence-corrected chi connectivity index (χ4v) is 1.13. The number of rotatable bonds is 2. The monoisotopic (exact) mass is 197 g/mol. The second kappa shape index (κ2) is 4.01. The van der Waals surface area contributed by atoms with Crippen molar-refractivity contribution >= 4 is 5.69 Å². The summed E-state index contributed by atoms with van der Waals surface area (Å²) < 4.78 is 24.9. The van der Waals surface area contributed by atoms with Crippen molar-refractivity contribution in [3.63, 3.8) is 0 Å². The van der Waals surface area contributed by atoms with Gasteiger partial charge in [-0.2, -0.15) is 5.26 Å². The molecule has 5 heteroatoms. The van der Waals surface area contributed by atoms with Crippen LogP contribution in [0.3, 0.4) is 0 Å². The third-order valence-electron chi connectivity index (χ3n) is 1.83. The van der Waals surface area contributed by atoms with Crippen LogP contribution in [0.1, 0.15) is 23.4 Å². The quantitative estimate of drug-likeness (QED) is 0.788. The molecule has 0 unspecified atom stereocenters. The lowest BCUT2D eigenvalue weighted by molar-refractivity contribution is 0.152. The van der Waals surface area contributed by atoms with E-state index in [2.05, 4.69) is 4.98 Å². The van der Waals surface area contributed by atoms with E-state index >= 15 is 0 Å². The highest BCUT2D eigenvalue weighted by Crippen LogP contribution is 2.27. The smallest absolute Gasteiger partial charge is 0.265 e. The average Bonchev–Trinajstić information content (AvgIpc) is 2.11. The predicted octanol–water partition coefficient (Wildman–Crippen LogP) is 1.98. The number of nitrogens with zero attached hydrogens (tertiary/aromatic N) is 2. The van der Waals surface area contributed by atoms with Crippen molar-refractivity contribution in [2.45, 2.75) is 19.8 Å². The Hall–Kier alpha value is -1.70. The van der Waals surface area contributed by atoms with E-state index < -0.39 is 6.43 Å². The fraction of sp³-hybridized carbons (Fsp3) is 0.333. The van der Waals surface area contributed by atoms with Gasteiger partial charge in [-0.1, -0.05) is 0 Å². The number of alkyl halides is 2. The summed E-state index contributed by atoms with van der Waals surface area (Å²) in [5.74, 6) is 0. The first-order valence-electron chi connectivity index (χ1n) is 3.97. The highest BCUT2D eigenvalue weighted by atomic mass is 19.3. The lowest BCUT2D eigenvalue weighted by atomic mass is 10.1. The average molecular weight is 197 g/mol. The standard InChI is InChI=1S/C9H9F2N3/c1-5-8(13)7(9(10)11)4-6(14-5)2-3-12/h4,9H,2,13H2,1H3. The van der Waals surface area contributed by atoms with Crippen molar-refractivity contribution in [2.24, 2.45) is 0 Å². The second-order valence-corrected chi connectivity index (χ2v) is 2.84. The normalized spacial score (nSPS) is 10.2. The molecule has 0 spiro atoms. The third-order valence-corrected chi connectivity index (χ3v) is 1.83. The summed E-state index contributed by atoms with van der Waals surface area (Å²) in [4.78, 5) is 3.92. The number of aryl methyl sites for hydroxylation is 1. The number of nitrogen functional groups attached to an aromatic ring is 1. The molecule has 0 radical (unpaired) electrons. The van der Waals surface area contributed by atoms with Crippen LogP contribution in [-0.4, -0.2) is 4.98 Å². The third kappa shape index (κ3) is 1.96. The Kier molecular flexibility index (Phi) is 2.97. The van der Waals surface area contributed by atoms with Gasteiger partial charge >= 0.3 is 0 Å². The number of anilines is 1. The molecule has 0 amide bonds. The summed E-state index contributed by atoms with van der Waals surface area (Å²) in [5, 5.41) is 8.40. The molecule has 3 nitrogen and oxygen atoms in total. The summed E-state index contributed by atoms with van der Waals surface area (Å²) in [6, 6.07) is 3.03. The molecule has 0 saturated heterocycles. The summed E-state index contributed by atoms with van der Waals surface area (Å²) in [6.45, 7) is 1.54. The second-order valence-electron chi connectivity index (χ2n) is 2.84. The molecule has 0 aliphatic rings. The van der Waals surface area contributed by atoms with Crippen LogP contribution in [0.4, 0.5) is 14.5 Å². The van der Waals surface area contributed by atoms with Gasteiger partial charge in [-0.05, 0) is 13.0 Å². The predicted molar refractivity (Wildman–Crippen MR) is 47.7 cm³/mol. The Morgan fingerprint density at radius 2 is 2.29 bits per heavy atom. The van der Waals surface area contributed by atoms with Gasteiger partial charge in [0.1, 0.15) is 0 Å². The van der Waals surface area contributed by atoms with Gasteiger partial charge in [-0.15, -0.1) is 0 Å². The number of hydrogen-bond acceptors (Lipinski definition) is 3. The molecule has 0 atom stereocenters. The minimum Gasteiger partial charge on any atom is -0.397 e. The number of nitriles is 1. The first-order chi connectivity index (χ1) is 6.56. The molecule has 0 fully saturated rings. The van der Waals surface area contributed by atoms with Gasteiger partial charge in [0, 0.05) is 5.56 Å². The van der Waals surface area contributed by atoms with Crippen LogP contribution in [0.5, 0.6) is 0 Å². The number of hydrogen-bond donors (Lipinski definition) is 1. The van der Waals surface area contributed by atoms with Crippen LogP contribution >= 0.6 is 0 Å². The molecule has 1 heterocycles. The Morgan fingerprint density at radius 1 is 1.64 bits per heavy atom. The van der Waals surface area contributed by atoms with E-state index in [1.54, 1.807) is 6.92 Å². The fourth-order valence-electron chi connectivity index (χ4n) is 1.13.